The van der Waals surface area contributed by atoms with Crippen molar-refractivity contribution in [3.05, 3.63) is 29.6 Å². The van der Waals surface area contributed by atoms with Crippen molar-refractivity contribution in [3.8, 4) is 0 Å². The maximum absolute atomic E-state index is 12.7. The molecule has 1 saturated carbocycles. The van der Waals surface area contributed by atoms with E-state index in [-0.39, 0.29) is 18.1 Å². The predicted octanol–water partition coefficient (Wildman–Crippen LogP) is 1.50. The van der Waals surface area contributed by atoms with Gasteiger partial charge in [-0.1, -0.05) is 25.1 Å². The second kappa shape index (κ2) is 6.07. The third kappa shape index (κ3) is 2.91. The molecule has 2 heterocycles. The molecular weight excluding hydrogens is 286 g/mol. The van der Waals surface area contributed by atoms with E-state index in [1.165, 1.54) is 6.42 Å². The number of hydrogen-bond acceptors (Lipinski definition) is 4. The molecule has 2 aliphatic rings. The Hall–Kier alpha value is -1.53. The van der Waals surface area contributed by atoms with Crippen molar-refractivity contribution < 1.29 is 9.53 Å². The van der Waals surface area contributed by atoms with Crippen LogP contribution in [0.1, 0.15) is 41.7 Å². The van der Waals surface area contributed by atoms with Crippen LogP contribution >= 0.6 is 12.2 Å². The van der Waals surface area contributed by atoms with Crippen LogP contribution in [0.15, 0.2) is 18.3 Å². The van der Waals surface area contributed by atoms with E-state index < -0.39 is 0 Å². The van der Waals surface area contributed by atoms with Crippen LogP contribution in [0.25, 0.3) is 0 Å². The van der Waals surface area contributed by atoms with Crippen molar-refractivity contribution >= 4 is 23.1 Å². The quantitative estimate of drug-likeness (QED) is 0.839. The van der Waals surface area contributed by atoms with E-state index in [9.17, 15) is 4.79 Å². The van der Waals surface area contributed by atoms with Gasteiger partial charge in [0, 0.05) is 18.3 Å². The van der Waals surface area contributed by atoms with Gasteiger partial charge in [-0.25, -0.2) is 0 Å². The molecule has 1 aliphatic heterocycles. The first-order valence-corrected chi connectivity index (χ1v) is 7.76. The standard InChI is InChI=1S/C15H19N3O2S/c16-14(21)10-5-6-11(17-9-10)15(19)18-7-8-20-13-4-2-1-3-12(13)18/h5-6,9,12-13H,1-4,7-8H2,(H2,16,21). The number of carbonyl (C=O) groups excluding carboxylic acids is 1. The number of hydrogen-bond donors (Lipinski definition) is 1. The molecule has 6 heteroatoms. The van der Waals surface area contributed by atoms with Crippen LogP contribution in [-0.4, -0.2) is 46.1 Å². The van der Waals surface area contributed by atoms with E-state index in [4.69, 9.17) is 22.7 Å². The molecule has 1 aromatic rings. The van der Waals surface area contributed by atoms with Crippen molar-refractivity contribution in [2.24, 2.45) is 5.73 Å². The lowest BCUT2D eigenvalue weighted by molar-refractivity contribution is -0.0754. The van der Waals surface area contributed by atoms with E-state index in [2.05, 4.69) is 4.98 Å². The van der Waals surface area contributed by atoms with Gasteiger partial charge in [-0.05, 0) is 25.0 Å². The molecule has 0 radical (unpaired) electrons. The Labute approximate surface area is 129 Å². The minimum Gasteiger partial charge on any atom is -0.389 e. The van der Waals surface area contributed by atoms with Crippen molar-refractivity contribution in [1.29, 1.82) is 0 Å². The summed E-state index contributed by atoms with van der Waals surface area (Å²) in [5, 5.41) is 0. The molecule has 21 heavy (non-hydrogen) atoms. The van der Waals surface area contributed by atoms with Gasteiger partial charge in [0.2, 0.25) is 0 Å². The zero-order chi connectivity index (χ0) is 14.8. The fourth-order valence-electron chi connectivity index (χ4n) is 3.16. The summed E-state index contributed by atoms with van der Waals surface area (Å²) in [6.45, 7) is 1.25. The summed E-state index contributed by atoms with van der Waals surface area (Å²) in [6.07, 6.45) is 6.15. The summed E-state index contributed by atoms with van der Waals surface area (Å²) in [5.74, 6) is -0.0234. The zero-order valence-corrected chi connectivity index (χ0v) is 12.6. The lowest BCUT2D eigenvalue weighted by Crippen LogP contribution is -2.55. The summed E-state index contributed by atoms with van der Waals surface area (Å²) in [5.41, 5.74) is 6.67. The number of thiocarbonyl (C=S) groups is 1. The molecule has 2 fully saturated rings. The van der Waals surface area contributed by atoms with Crippen molar-refractivity contribution in [2.45, 2.75) is 37.8 Å². The minimum absolute atomic E-state index is 0.0234. The van der Waals surface area contributed by atoms with E-state index in [1.807, 2.05) is 4.90 Å². The van der Waals surface area contributed by atoms with Gasteiger partial charge in [0.05, 0.1) is 18.8 Å². The molecule has 1 aliphatic carbocycles. The molecule has 1 aromatic heterocycles. The number of nitrogens with two attached hydrogens (primary N) is 1. The summed E-state index contributed by atoms with van der Waals surface area (Å²) in [4.78, 5) is 19.1. The average Bonchev–Trinajstić information content (AvgIpc) is 2.53. The van der Waals surface area contributed by atoms with E-state index in [0.717, 1.165) is 19.3 Å². The van der Waals surface area contributed by atoms with Crippen LogP contribution in [0.4, 0.5) is 0 Å². The highest BCUT2D eigenvalue weighted by molar-refractivity contribution is 7.80. The van der Waals surface area contributed by atoms with E-state index in [1.54, 1.807) is 18.3 Å². The Kier molecular flexibility index (Phi) is 4.17. The van der Waals surface area contributed by atoms with Crippen LogP contribution in [0.3, 0.4) is 0 Å². The second-order valence-corrected chi connectivity index (χ2v) is 6.00. The molecular formula is C15H19N3O2S. The smallest absolute Gasteiger partial charge is 0.272 e. The summed E-state index contributed by atoms with van der Waals surface area (Å²) < 4.78 is 5.80. The van der Waals surface area contributed by atoms with E-state index >= 15 is 0 Å². The number of morpholine rings is 1. The lowest BCUT2D eigenvalue weighted by Gasteiger charge is -2.43. The zero-order valence-electron chi connectivity index (χ0n) is 11.8. The van der Waals surface area contributed by atoms with Crippen molar-refractivity contribution in [2.75, 3.05) is 13.2 Å². The second-order valence-electron chi connectivity index (χ2n) is 5.56. The molecule has 3 rings (SSSR count). The highest BCUT2D eigenvalue weighted by atomic mass is 32.1. The molecule has 2 unspecified atom stereocenters. The number of carbonyl (C=O) groups is 1. The first-order chi connectivity index (χ1) is 10.2. The average molecular weight is 305 g/mol. The maximum Gasteiger partial charge on any atom is 0.272 e. The SMILES string of the molecule is NC(=S)c1ccc(C(=O)N2CCOC3CCCCC32)nc1. The fraction of sp³-hybridized carbons (Fsp3) is 0.533. The van der Waals surface area contributed by atoms with Crippen LogP contribution in [0, 0.1) is 0 Å². The molecule has 5 nitrogen and oxygen atoms in total. The molecule has 2 N–H and O–H groups in total. The summed E-state index contributed by atoms with van der Waals surface area (Å²) in [6, 6.07) is 3.64. The normalized spacial score (nSPS) is 25.2. The Morgan fingerprint density at radius 3 is 2.90 bits per heavy atom. The monoisotopic (exact) mass is 305 g/mol. The topological polar surface area (TPSA) is 68.5 Å². The molecule has 0 bridgehead atoms. The Morgan fingerprint density at radius 2 is 2.19 bits per heavy atom. The Bertz CT molecular complexity index is 544. The first-order valence-electron chi connectivity index (χ1n) is 7.35. The highest BCUT2D eigenvalue weighted by Crippen LogP contribution is 2.29. The number of pyridine rings is 1. The summed E-state index contributed by atoms with van der Waals surface area (Å²) in [7, 11) is 0. The van der Waals surface area contributed by atoms with Crippen molar-refractivity contribution in [3.63, 3.8) is 0 Å². The predicted molar refractivity (Wildman–Crippen MR) is 83.2 cm³/mol. The maximum atomic E-state index is 12.7. The van der Waals surface area contributed by atoms with Crippen LogP contribution in [-0.2, 0) is 4.74 Å². The molecule has 0 aromatic carbocycles. The van der Waals surface area contributed by atoms with Gasteiger partial charge in [-0.3, -0.25) is 9.78 Å². The molecule has 1 amide bonds. The van der Waals surface area contributed by atoms with Crippen molar-refractivity contribution in [1.82, 2.24) is 9.88 Å². The number of rotatable bonds is 2. The molecule has 1 saturated heterocycles. The number of nitrogens with zero attached hydrogens (tertiary/aromatic N) is 2. The minimum atomic E-state index is -0.0234. The largest absolute Gasteiger partial charge is 0.389 e. The Balaban J connectivity index is 1.78. The summed E-state index contributed by atoms with van der Waals surface area (Å²) >= 11 is 4.90. The fourth-order valence-corrected chi connectivity index (χ4v) is 3.28. The van der Waals surface area contributed by atoms with Crippen LogP contribution in [0.2, 0.25) is 0 Å². The molecule has 2 atom stereocenters. The van der Waals surface area contributed by atoms with Crippen LogP contribution in [0.5, 0.6) is 0 Å². The van der Waals surface area contributed by atoms with E-state index in [0.29, 0.717) is 29.4 Å². The van der Waals surface area contributed by atoms with Gasteiger partial charge < -0.3 is 15.4 Å². The number of aromatic nitrogens is 1. The van der Waals surface area contributed by atoms with Gasteiger partial charge in [-0.2, -0.15) is 0 Å². The molecule has 0 spiro atoms. The first kappa shape index (κ1) is 14.4. The number of ether oxygens (including phenoxy) is 1. The number of fused-ring (bicyclic) bond motifs is 1. The van der Waals surface area contributed by atoms with Gasteiger partial charge in [0.1, 0.15) is 10.7 Å². The third-order valence-corrected chi connectivity index (χ3v) is 4.50. The van der Waals surface area contributed by atoms with Gasteiger partial charge in [-0.15, -0.1) is 0 Å². The number of amides is 1. The lowest BCUT2D eigenvalue weighted by atomic mass is 9.90. The highest BCUT2D eigenvalue weighted by Gasteiger charge is 2.37. The van der Waals surface area contributed by atoms with Gasteiger partial charge in [0.15, 0.2) is 0 Å². The van der Waals surface area contributed by atoms with Gasteiger partial charge in [0.25, 0.3) is 5.91 Å². The van der Waals surface area contributed by atoms with Crippen LogP contribution < -0.4 is 5.73 Å². The molecule has 112 valence electrons. The third-order valence-electron chi connectivity index (χ3n) is 4.26. The van der Waals surface area contributed by atoms with Gasteiger partial charge >= 0.3 is 0 Å². The Morgan fingerprint density at radius 1 is 1.38 bits per heavy atom.